The molecule has 0 spiro atoms. The van der Waals surface area contributed by atoms with Crippen molar-refractivity contribution in [1.29, 1.82) is 0 Å². The Kier molecular flexibility index (Phi) is 9.69. The number of nitrogens with one attached hydrogen (secondary N) is 1. The van der Waals surface area contributed by atoms with Gasteiger partial charge in [0, 0.05) is 31.0 Å². The maximum absolute atomic E-state index is 14.6. The molecule has 3 aromatic rings. The third-order valence-corrected chi connectivity index (χ3v) is 6.44. The zero-order chi connectivity index (χ0) is 26.7. The maximum atomic E-state index is 14.6. The SMILES string of the molecule is COc1ccc(CCN(C(=O)O)c2ccnc(Nc3ccc(OCCCN4CCCCC4)c(F)c3)n2)cc1. The van der Waals surface area contributed by atoms with E-state index >= 15 is 0 Å². The molecule has 1 aliphatic heterocycles. The van der Waals surface area contributed by atoms with Crippen LogP contribution in [0.25, 0.3) is 0 Å². The number of amides is 1. The van der Waals surface area contributed by atoms with E-state index in [1.165, 1.54) is 37.6 Å². The number of methoxy groups -OCH3 is 1. The number of aromatic nitrogens is 2. The summed E-state index contributed by atoms with van der Waals surface area (Å²) in [5.74, 6) is 0.819. The minimum atomic E-state index is -1.13. The molecule has 0 unspecified atom stereocenters. The first kappa shape index (κ1) is 27.1. The van der Waals surface area contributed by atoms with Gasteiger partial charge in [0.2, 0.25) is 5.95 Å². The Hall–Kier alpha value is -3.92. The quantitative estimate of drug-likeness (QED) is 0.307. The highest BCUT2D eigenvalue weighted by molar-refractivity contribution is 5.84. The number of benzene rings is 2. The zero-order valence-corrected chi connectivity index (χ0v) is 21.6. The number of piperidine rings is 1. The van der Waals surface area contributed by atoms with E-state index in [1.807, 2.05) is 24.3 Å². The van der Waals surface area contributed by atoms with Crippen molar-refractivity contribution in [3.63, 3.8) is 0 Å². The summed E-state index contributed by atoms with van der Waals surface area (Å²) >= 11 is 0. The number of rotatable bonds is 12. The topological polar surface area (TPSA) is 100 Å². The summed E-state index contributed by atoms with van der Waals surface area (Å²) < 4.78 is 25.5. The number of halogens is 1. The number of carbonyl (C=O) groups is 1. The number of anilines is 3. The highest BCUT2D eigenvalue weighted by atomic mass is 19.1. The van der Waals surface area contributed by atoms with Crippen molar-refractivity contribution >= 4 is 23.5 Å². The van der Waals surface area contributed by atoms with Crippen LogP contribution < -0.4 is 19.7 Å². The number of hydrogen-bond donors (Lipinski definition) is 2. The Morgan fingerprint density at radius 1 is 1.13 bits per heavy atom. The van der Waals surface area contributed by atoms with Gasteiger partial charge >= 0.3 is 6.09 Å². The Bertz CT molecular complexity index is 1190. The summed E-state index contributed by atoms with van der Waals surface area (Å²) in [6.45, 7) is 3.88. The van der Waals surface area contributed by atoms with E-state index in [9.17, 15) is 14.3 Å². The predicted molar refractivity (Wildman–Crippen MR) is 144 cm³/mol. The third-order valence-electron chi connectivity index (χ3n) is 6.44. The lowest BCUT2D eigenvalue weighted by Crippen LogP contribution is -2.32. The van der Waals surface area contributed by atoms with Gasteiger partial charge in [-0.15, -0.1) is 0 Å². The number of nitrogens with zero attached hydrogens (tertiary/aromatic N) is 4. The molecule has 202 valence electrons. The predicted octanol–water partition coefficient (Wildman–Crippen LogP) is 5.35. The lowest BCUT2D eigenvalue weighted by molar-refractivity contribution is 0.201. The van der Waals surface area contributed by atoms with Gasteiger partial charge in [-0.2, -0.15) is 4.98 Å². The summed E-state index contributed by atoms with van der Waals surface area (Å²) in [5.41, 5.74) is 1.40. The molecule has 2 N–H and O–H groups in total. The summed E-state index contributed by atoms with van der Waals surface area (Å²) in [6, 6.07) is 13.5. The molecule has 1 amide bonds. The number of carboxylic acid groups (broad SMARTS) is 1. The molecule has 2 aromatic carbocycles. The van der Waals surface area contributed by atoms with Gasteiger partial charge in [0.25, 0.3) is 0 Å². The highest BCUT2D eigenvalue weighted by Gasteiger charge is 2.17. The van der Waals surface area contributed by atoms with Crippen LogP contribution in [0, 0.1) is 5.82 Å². The van der Waals surface area contributed by atoms with Crippen LogP contribution in [-0.2, 0) is 6.42 Å². The molecule has 0 saturated carbocycles. The largest absolute Gasteiger partial charge is 0.497 e. The fraction of sp³-hybridized carbons (Fsp3) is 0.393. The monoisotopic (exact) mass is 523 g/mol. The standard InChI is InChI=1S/C28H34FN5O4/c1-37-23-9-6-21(7-10-23)13-18-34(28(35)36)26-12-14-30-27(32-26)31-22-8-11-25(24(29)20-22)38-19-5-17-33-15-3-2-4-16-33/h6-12,14,20H,2-5,13,15-19H2,1H3,(H,35,36)(H,30,31,32). The van der Waals surface area contributed by atoms with Crippen LogP contribution in [0.3, 0.4) is 0 Å². The van der Waals surface area contributed by atoms with Gasteiger partial charge in [-0.3, -0.25) is 4.90 Å². The fourth-order valence-corrected chi connectivity index (χ4v) is 4.38. The molecule has 4 rings (SSSR count). The summed E-state index contributed by atoms with van der Waals surface area (Å²) in [7, 11) is 1.59. The minimum Gasteiger partial charge on any atom is -0.497 e. The van der Waals surface area contributed by atoms with E-state index in [-0.39, 0.29) is 24.1 Å². The fourth-order valence-electron chi connectivity index (χ4n) is 4.38. The second kappa shape index (κ2) is 13.6. The van der Waals surface area contributed by atoms with Crippen LogP contribution in [0.15, 0.2) is 54.7 Å². The lowest BCUT2D eigenvalue weighted by Gasteiger charge is -2.26. The number of likely N-dealkylation sites (tertiary alicyclic amines) is 1. The van der Waals surface area contributed by atoms with Crippen LogP contribution in [0.2, 0.25) is 0 Å². The molecule has 1 aromatic heterocycles. The molecule has 38 heavy (non-hydrogen) atoms. The molecule has 0 bridgehead atoms. The summed E-state index contributed by atoms with van der Waals surface area (Å²) in [5, 5.41) is 12.7. The lowest BCUT2D eigenvalue weighted by atomic mass is 10.1. The van der Waals surface area contributed by atoms with E-state index in [4.69, 9.17) is 9.47 Å². The van der Waals surface area contributed by atoms with Gasteiger partial charge in [0.15, 0.2) is 11.6 Å². The van der Waals surface area contributed by atoms with Crippen molar-refractivity contribution in [2.75, 3.05) is 50.1 Å². The molecule has 0 radical (unpaired) electrons. The molecule has 2 heterocycles. The van der Waals surface area contributed by atoms with Crippen LogP contribution in [-0.4, -0.2) is 66.0 Å². The van der Waals surface area contributed by atoms with Crippen molar-refractivity contribution in [1.82, 2.24) is 14.9 Å². The Morgan fingerprint density at radius 2 is 1.92 bits per heavy atom. The van der Waals surface area contributed by atoms with Gasteiger partial charge in [0.05, 0.1) is 13.7 Å². The Labute approximate surface area is 222 Å². The van der Waals surface area contributed by atoms with E-state index < -0.39 is 11.9 Å². The zero-order valence-electron chi connectivity index (χ0n) is 21.6. The Morgan fingerprint density at radius 3 is 2.63 bits per heavy atom. The van der Waals surface area contributed by atoms with Crippen molar-refractivity contribution in [2.24, 2.45) is 0 Å². The van der Waals surface area contributed by atoms with Gasteiger partial charge < -0.3 is 24.8 Å². The molecule has 1 aliphatic rings. The molecule has 1 fully saturated rings. The molecular formula is C28H34FN5O4. The van der Waals surface area contributed by atoms with Crippen molar-refractivity contribution in [3.05, 3.63) is 66.1 Å². The van der Waals surface area contributed by atoms with E-state index in [2.05, 4.69) is 20.2 Å². The van der Waals surface area contributed by atoms with Crippen molar-refractivity contribution in [2.45, 2.75) is 32.1 Å². The molecule has 0 atom stereocenters. The van der Waals surface area contributed by atoms with Crippen LogP contribution in [0.4, 0.5) is 26.6 Å². The second-order valence-electron chi connectivity index (χ2n) is 9.15. The first-order chi connectivity index (χ1) is 18.5. The number of hydrogen-bond acceptors (Lipinski definition) is 7. The third kappa shape index (κ3) is 7.79. The van der Waals surface area contributed by atoms with Crippen LogP contribution >= 0.6 is 0 Å². The van der Waals surface area contributed by atoms with E-state index in [0.717, 1.165) is 42.3 Å². The highest BCUT2D eigenvalue weighted by Crippen LogP contribution is 2.24. The van der Waals surface area contributed by atoms with Gasteiger partial charge in [-0.1, -0.05) is 18.6 Å². The average Bonchev–Trinajstić information content (AvgIpc) is 2.93. The summed E-state index contributed by atoms with van der Waals surface area (Å²) in [6.07, 6.45) is 5.46. The molecule has 10 heteroatoms. The van der Waals surface area contributed by atoms with Crippen LogP contribution in [0.5, 0.6) is 11.5 Å². The molecule has 0 aliphatic carbocycles. The van der Waals surface area contributed by atoms with Gasteiger partial charge in [0.1, 0.15) is 11.6 Å². The smallest absolute Gasteiger partial charge is 0.413 e. The van der Waals surface area contributed by atoms with E-state index in [1.54, 1.807) is 19.2 Å². The van der Waals surface area contributed by atoms with Gasteiger partial charge in [-0.05, 0) is 74.7 Å². The first-order valence-electron chi connectivity index (χ1n) is 12.9. The average molecular weight is 524 g/mol. The maximum Gasteiger partial charge on any atom is 0.413 e. The summed E-state index contributed by atoms with van der Waals surface area (Å²) in [4.78, 5) is 24.0. The number of ether oxygens (including phenoxy) is 2. The molecule has 9 nitrogen and oxygen atoms in total. The first-order valence-corrected chi connectivity index (χ1v) is 12.9. The Balaban J connectivity index is 1.32. The van der Waals surface area contributed by atoms with E-state index in [0.29, 0.717) is 18.7 Å². The van der Waals surface area contributed by atoms with Gasteiger partial charge in [-0.25, -0.2) is 14.2 Å². The van der Waals surface area contributed by atoms with Crippen LogP contribution in [0.1, 0.15) is 31.2 Å². The van der Waals surface area contributed by atoms with Crippen molar-refractivity contribution < 1.29 is 23.8 Å². The molecule has 1 saturated heterocycles. The minimum absolute atomic E-state index is 0.160. The molecular weight excluding hydrogens is 489 g/mol. The normalized spacial score (nSPS) is 13.6. The second-order valence-corrected chi connectivity index (χ2v) is 9.15. The van der Waals surface area contributed by atoms with Crippen molar-refractivity contribution in [3.8, 4) is 11.5 Å².